The van der Waals surface area contributed by atoms with E-state index in [1.54, 1.807) is 0 Å². The van der Waals surface area contributed by atoms with Crippen LogP contribution in [0.5, 0.6) is 0 Å². The Kier molecular flexibility index (Phi) is 5.22. The maximum atomic E-state index is 6.06. The van der Waals surface area contributed by atoms with Gasteiger partial charge in [-0.2, -0.15) is 0 Å². The Bertz CT molecular complexity index is 391. The van der Waals surface area contributed by atoms with E-state index in [-0.39, 0.29) is 6.04 Å². The summed E-state index contributed by atoms with van der Waals surface area (Å²) in [7, 11) is 0. The molecule has 1 aliphatic rings. The van der Waals surface area contributed by atoms with E-state index in [4.69, 9.17) is 10.5 Å². The Morgan fingerprint density at radius 1 is 1.53 bits per heavy atom. The van der Waals surface area contributed by atoms with Gasteiger partial charge in [-0.15, -0.1) is 0 Å². The summed E-state index contributed by atoms with van der Waals surface area (Å²) in [4.78, 5) is 6.98. The smallest absolute Gasteiger partial charge is 0.205 e. The Morgan fingerprint density at radius 3 is 3.11 bits per heavy atom. The number of nitrogens with zero attached hydrogens (tertiary/aromatic N) is 3. The maximum absolute atomic E-state index is 6.06. The lowest BCUT2D eigenvalue weighted by atomic mass is 10.1. The molecule has 0 amide bonds. The largest absolute Gasteiger partial charge is 0.382 e. The van der Waals surface area contributed by atoms with Gasteiger partial charge in [-0.3, -0.25) is 0 Å². The van der Waals surface area contributed by atoms with E-state index in [1.807, 2.05) is 13.8 Å². The van der Waals surface area contributed by atoms with Crippen molar-refractivity contribution >= 4 is 5.95 Å². The van der Waals surface area contributed by atoms with Gasteiger partial charge in [-0.05, 0) is 33.1 Å². The van der Waals surface area contributed by atoms with E-state index < -0.39 is 0 Å². The lowest BCUT2D eigenvalue weighted by molar-refractivity contribution is 0.141. The summed E-state index contributed by atoms with van der Waals surface area (Å²) < 4.78 is 7.64. The quantitative estimate of drug-likeness (QED) is 0.794. The fraction of sp³-hybridized carbons (Fsp3) is 0.786. The van der Waals surface area contributed by atoms with Crippen molar-refractivity contribution in [1.82, 2.24) is 9.55 Å². The number of nitrogens with two attached hydrogens (primary N) is 1. The summed E-state index contributed by atoms with van der Waals surface area (Å²) >= 11 is 0. The Balaban J connectivity index is 1.98. The van der Waals surface area contributed by atoms with Crippen LogP contribution in [0.4, 0.5) is 5.95 Å². The Labute approximate surface area is 115 Å². The van der Waals surface area contributed by atoms with Gasteiger partial charge >= 0.3 is 0 Å². The second-order valence-electron chi connectivity index (χ2n) is 5.27. The first-order valence-electron chi connectivity index (χ1n) is 7.32. The molecule has 0 radical (unpaired) electrons. The van der Waals surface area contributed by atoms with Gasteiger partial charge in [-0.25, -0.2) is 4.98 Å². The van der Waals surface area contributed by atoms with Crippen molar-refractivity contribution in [1.29, 1.82) is 0 Å². The molecule has 1 aromatic heterocycles. The van der Waals surface area contributed by atoms with Crippen molar-refractivity contribution in [2.75, 3.05) is 31.2 Å². The molecule has 0 aromatic carbocycles. The molecule has 2 heterocycles. The zero-order valence-corrected chi connectivity index (χ0v) is 12.1. The van der Waals surface area contributed by atoms with Crippen LogP contribution in [0.2, 0.25) is 0 Å². The molecule has 0 spiro atoms. The van der Waals surface area contributed by atoms with Crippen LogP contribution in [0.25, 0.3) is 0 Å². The highest BCUT2D eigenvalue weighted by Gasteiger charge is 2.20. The Hall–Kier alpha value is -1.07. The molecule has 1 unspecified atom stereocenters. The molecule has 0 aliphatic carbocycles. The molecular weight excluding hydrogens is 240 g/mol. The number of anilines is 1. The average Bonchev–Trinajstić information content (AvgIpc) is 2.76. The zero-order chi connectivity index (χ0) is 13.7. The molecule has 19 heavy (non-hydrogen) atoms. The molecule has 1 atom stereocenters. The molecule has 1 fully saturated rings. The number of aromatic nitrogens is 2. The third-order valence-electron chi connectivity index (χ3n) is 3.51. The fourth-order valence-corrected chi connectivity index (χ4v) is 2.62. The average molecular weight is 266 g/mol. The lowest BCUT2D eigenvalue weighted by Crippen LogP contribution is -2.44. The summed E-state index contributed by atoms with van der Waals surface area (Å²) in [5, 5.41) is 0. The van der Waals surface area contributed by atoms with Crippen molar-refractivity contribution in [3.8, 4) is 0 Å². The van der Waals surface area contributed by atoms with E-state index in [2.05, 4.69) is 20.6 Å². The third-order valence-corrected chi connectivity index (χ3v) is 3.51. The third kappa shape index (κ3) is 3.94. The number of ether oxygens (including phenoxy) is 1. The number of rotatable bonds is 6. The standard InChI is InChI=1S/C14H26N4O/c1-3-19-9-5-8-17-10-12(2)16-14(17)18-7-4-6-13(15)11-18/h10,13H,3-9,11,15H2,1-2H3. The van der Waals surface area contributed by atoms with Gasteiger partial charge in [0.05, 0.1) is 5.69 Å². The first-order valence-corrected chi connectivity index (χ1v) is 7.32. The van der Waals surface area contributed by atoms with E-state index in [0.717, 1.165) is 63.8 Å². The SMILES string of the molecule is CCOCCCn1cc(C)nc1N1CCCC(N)C1. The highest BCUT2D eigenvalue weighted by atomic mass is 16.5. The van der Waals surface area contributed by atoms with Crippen LogP contribution >= 0.6 is 0 Å². The van der Waals surface area contributed by atoms with Crippen LogP contribution in [0.15, 0.2) is 6.20 Å². The van der Waals surface area contributed by atoms with Gasteiger partial charge in [0.15, 0.2) is 0 Å². The van der Waals surface area contributed by atoms with Gasteiger partial charge in [-0.1, -0.05) is 0 Å². The van der Waals surface area contributed by atoms with Crippen molar-refractivity contribution in [2.24, 2.45) is 5.73 Å². The Morgan fingerprint density at radius 2 is 2.37 bits per heavy atom. The minimum atomic E-state index is 0.280. The normalized spacial score (nSPS) is 19.9. The lowest BCUT2D eigenvalue weighted by Gasteiger charge is -2.31. The summed E-state index contributed by atoms with van der Waals surface area (Å²) in [5.41, 5.74) is 7.13. The monoisotopic (exact) mass is 266 g/mol. The van der Waals surface area contributed by atoms with Crippen molar-refractivity contribution < 1.29 is 4.74 Å². The summed E-state index contributed by atoms with van der Waals surface area (Å²) in [6.07, 6.45) is 5.44. The van der Waals surface area contributed by atoms with Crippen LogP contribution in [-0.4, -0.2) is 41.9 Å². The summed E-state index contributed by atoms with van der Waals surface area (Å²) in [5.74, 6) is 1.07. The first-order chi connectivity index (χ1) is 9.20. The number of piperidine rings is 1. The van der Waals surface area contributed by atoms with Gasteiger partial charge in [0.1, 0.15) is 0 Å². The van der Waals surface area contributed by atoms with E-state index in [1.165, 1.54) is 0 Å². The number of hydrogen-bond acceptors (Lipinski definition) is 4. The molecule has 108 valence electrons. The predicted molar refractivity (Wildman–Crippen MR) is 77.5 cm³/mol. The molecule has 1 aromatic rings. The zero-order valence-electron chi connectivity index (χ0n) is 12.1. The minimum Gasteiger partial charge on any atom is -0.382 e. The molecule has 2 rings (SSSR count). The molecular formula is C14H26N4O. The van der Waals surface area contributed by atoms with Gasteiger partial charge in [0, 0.05) is 45.1 Å². The molecule has 1 saturated heterocycles. The van der Waals surface area contributed by atoms with Crippen molar-refractivity contribution in [2.45, 2.75) is 45.7 Å². The number of hydrogen-bond donors (Lipinski definition) is 1. The summed E-state index contributed by atoms with van der Waals surface area (Å²) in [6.45, 7) is 8.62. The highest BCUT2D eigenvalue weighted by molar-refractivity contribution is 5.34. The maximum Gasteiger partial charge on any atom is 0.205 e. The first kappa shape index (κ1) is 14.3. The molecule has 1 aliphatic heterocycles. The van der Waals surface area contributed by atoms with Crippen molar-refractivity contribution in [3.63, 3.8) is 0 Å². The van der Waals surface area contributed by atoms with Crippen molar-refractivity contribution in [3.05, 3.63) is 11.9 Å². The van der Waals surface area contributed by atoms with Crippen LogP contribution in [0.3, 0.4) is 0 Å². The second kappa shape index (κ2) is 6.91. The molecule has 0 saturated carbocycles. The van der Waals surface area contributed by atoms with Gasteiger partial charge in [0.2, 0.25) is 5.95 Å². The van der Waals surface area contributed by atoms with Gasteiger partial charge in [0.25, 0.3) is 0 Å². The van der Waals surface area contributed by atoms with E-state index >= 15 is 0 Å². The van der Waals surface area contributed by atoms with Crippen LogP contribution in [-0.2, 0) is 11.3 Å². The van der Waals surface area contributed by atoms with Gasteiger partial charge < -0.3 is 19.9 Å². The molecule has 2 N–H and O–H groups in total. The topological polar surface area (TPSA) is 56.3 Å². The van der Waals surface area contributed by atoms with E-state index in [9.17, 15) is 0 Å². The fourth-order valence-electron chi connectivity index (χ4n) is 2.62. The number of aryl methyl sites for hydroxylation is 2. The van der Waals surface area contributed by atoms with E-state index in [0.29, 0.717) is 0 Å². The molecule has 0 bridgehead atoms. The second-order valence-corrected chi connectivity index (χ2v) is 5.27. The minimum absolute atomic E-state index is 0.280. The number of imidazole rings is 1. The van der Waals surface area contributed by atoms with Crippen LogP contribution < -0.4 is 10.6 Å². The molecule has 5 nitrogen and oxygen atoms in total. The van der Waals surface area contributed by atoms with Crippen LogP contribution in [0.1, 0.15) is 31.9 Å². The summed E-state index contributed by atoms with van der Waals surface area (Å²) in [6, 6.07) is 0.280. The van der Waals surface area contributed by atoms with Crippen LogP contribution in [0, 0.1) is 6.92 Å². The predicted octanol–water partition coefficient (Wildman–Crippen LogP) is 1.55. The molecule has 5 heteroatoms. The highest BCUT2D eigenvalue weighted by Crippen LogP contribution is 2.19.